The lowest BCUT2D eigenvalue weighted by Crippen LogP contribution is -2.34. The maximum atomic E-state index is 9.73. The van der Waals surface area contributed by atoms with Crippen LogP contribution in [-0.2, 0) is 0 Å². The van der Waals surface area contributed by atoms with Crippen LogP contribution >= 0.6 is 0 Å². The molecule has 17 heavy (non-hydrogen) atoms. The highest BCUT2D eigenvalue weighted by molar-refractivity contribution is 5.45. The first kappa shape index (κ1) is 13.4. The van der Waals surface area contributed by atoms with Crippen LogP contribution in [0, 0.1) is 18.3 Å². The highest BCUT2D eigenvalue weighted by Crippen LogP contribution is 2.32. The Morgan fingerprint density at radius 1 is 1.18 bits per heavy atom. The van der Waals surface area contributed by atoms with Crippen molar-refractivity contribution in [2.75, 3.05) is 0 Å². The molecule has 0 radical (unpaired) electrons. The monoisotopic (exact) mass is 233 g/mol. The molecule has 2 atom stereocenters. The number of rotatable bonds is 4. The lowest BCUT2D eigenvalue weighted by atomic mass is 10.0. The Labute approximate surface area is 102 Å². The van der Waals surface area contributed by atoms with Crippen LogP contribution in [0.4, 0.5) is 0 Å². The van der Waals surface area contributed by atoms with E-state index in [-0.39, 0.29) is 29.5 Å². The summed E-state index contributed by atoms with van der Waals surface area (Å²) >= 11 is 0. The van der Waals surface area contributed by atoms with Crippen LogP contribution in [0.1, 0.15) is 32.4 Å². The fraction of sp³-hybridized carbons (Fsp3) is 0.429. The number of hydrogen-bond acceptors (Lipinski definition) is 3. The van der Waals surface area contributed by atoms with E-state index in [1.807, 2.05) is 20.8 Å². The van der Waals surface area contributed by atoms with E-state index in [0.29, 0.717) is 5.56 Å². The molecule has 0 aliphatic heterocycles. The van der Waals surface area contributed by atoms with Gasteiger partial charge < -0.3 is 10.2 Å². The van der Waals surface area contributed by atoms with E-state index in [4.69, 9.17) is 6.42 Å². The van der Waals surface area contributed by atoms with E-state index in [1.165, 1.54) is 0 Å². The SMILES string of the molecule is C#CC(NC(C)c1c(O)cccc1O)C(C)C. The van der Waals surface area contributed by atoms with Crippen LogP contribution in [-0.4, -0.2) is 16.3 Å². The number of hydrogen-bond donors (Lipinski definition) is 3. The van der Waals surface area contributed by atoms with E-state index < -0.39 is 0 Å². The van der Waals surface area contributed by atoms with Gasteiger partial charge in [-0.2, -0.15) is 0 Å². The average Bonchev–Trinajstić information content (AvgIpc) is 2.25. The third-order valence-electron chi connectivity index (χ3n) is 2.77. The molecule has 1 aromatic rings. The van der Waals surface area contributed by atoms with E-state index in [9.17, 15) is 10.2 Å². The number of terminal acetylenes is 1. The van der Waals surface area contributed by atoms with Gasteiger partial charge in [-0.15, -0.1) is 6.42 Å². The van der Waals surface area contributed by atoms with E-state index in [2.05, 4.69) is 11.2 Å². The van der Waals surface area contributed by atoms with Gasteiger partial charge in [-0.25, -0.2) is 0 Å². The van der Waals surface area contributed by atoms with Crippen LogP contribution in [0.25, 0.3) is 0 Å². The molecule has 3 nitrogen and oxygen atoms in total. The van der Waals surface area contributed by atoms with Crippen molar-refractivity contribution in [1.82, 2.24) is 5.32 Å². The first-order valence-electron chi connectivity index (χ1n) is 5.70. The molecule has 0 aromatic heterocycles. The van der Waals surface area contributed by atoms with Crippen molar-refractivity contribution in [2.24, 2.45) is 5.92 Å². The minimum Gasteiger partial charge on any atom is -0.507 e. The third kappa shape index (κ3) is 3.15. The predicted molar refractivity (Wildman–Crippen MR) is 68.8 cm³/mol. The third-order valence-corrected chi connectivity index (χ3v) is 2.77. The second-order valence-electron chi connectivity index (χ2n) is 4.49. The van der Waals surface area contributed by atoms with Crippen molar-refractivity contribution in [1.29, 1.82) is 0 Å². The van der Waals surface area contributed by atoms with Crippen molar-refractivity contribution in [2.45, 2.75) is 32.9 Å². The first-order valence-corrected chi connectivity index (χ1v) is 5.70. The largest absolute Gasteiger partial charge is 0.507 e. The molecule has 0 amide bonds. The van der Waals surface area contributed by atoms with Crippen molar-refractivity contribution < 1.29 is 10.2 Å². The minimum absolute atomic E-state index is 0.0736. The van der Waals surface area contributed by atoms with Crippen LogP contribution < -0.4 is 5.32 Å². The highest BCUT2D eigenvalue weighted by Gasteiger charge is 2.19. The van der Waals surface area contributed by atoms with E-state index in [1.54, 1.807) is 18.2 Å². The molecule has 1 aromatic carbocycles. The van der Waals surface area contributed by atoms with Gasteiger partial charge in [0.1, 0.15) is 11.5 Å². The molecule has 0 saturated carbocycles. The van der Waals surface area contributed by atoms with Gasteiger partial charge in [0.15, 0.2) is 0 Å². The molecule has 0 spiro atoms. The molecule has 92 valence electrons. The fourth-order valence-corrected chi connectivity index (χ4v) is 1.77. The molecule has 3 heteroatoms. The molecular formula is C14H19NO2. The van der Waals surface area contributed by atoms with Crippen LogP contribution in [0.15, 0.2) is 18.2 Å². The zero-order chi connectivity index (χ0) is 13.0. The number of phenols is 2. The number of aromatic hydroxyl groups is 2. The zero-order valence-electron chi connectivity index (χ0n) is 10.4. The summed E-state index contributed by atoms with van der Waals surface area (Å²) in [5.41, 5.74) is 0.480. The van der Waals surface area contributed by atoms with Gasteiger partial charge in [0, 0.05) is 6.04 Å². The lowest BCUT2D eigenvalue weighted by molar-refractivity contribution is 0.391. The van der Waals surface area contributed by atoms with Gasteiger partial charge >= 0.3 is 0 Å². The summed E-state index contributed by atoms with van der Waals surface area (Å²) in [5.74, 6) is 3.10. The Morgan fingerprint density at radius 2 is 1.71 bits per heavy atom. The van der Waals surface area contributed by atoms with Gasteiger partial charge in [-0.3, -0.25) is 5.32 Å². The normalized spacial score (nSPS) is 14.3. The summed E-state index contributed by atoms with van der Waals surface area (Å²) in [4.78, 5) is 0. The maximum absolute atomic E-state index is 9.73. The summed E-state index contributed by atoms with van der Waals surface area (Å²) in [5, 5.41) is 22.7. The molecule has 0 saturated heterocycles. The Bertz CT molecular complexity index is 400. The molecule has 1 rings (SSSR count). The molecule has 3 N–H and O–H groups in total. The number of phenolic OH excluding ortho intramolecular Hbond substituents is 2. The van der Waals surface area contributed by atoms with Crippen LogP contribution in [0.3, 0.4) is 0 Å². The first-order chi connectivity index (χ1) is 7.97. The zero-order valence-corrected chi connectivity index (χ0v) is 10.4. The Balaban J connectivity index is 2.90. The Morgan fingerprint density at radius 3 is 2.12 bits per heavy atom. The molecule has 0 bridgehead atoms. The molecule has 2 unspecified atom stereocenters. The lowest BCUT2D eigenvalue weighted by Gasteiger charge is -2.23. The average molecular weight is 233 g/mol. The fourth-order valence-electron chi connectivity index (χ4n) is 1.77. The number of benzene rings is 1. The van der Waals surface area contributed by atoms with Crippen molar-refractivity contribution in [3.8, 4) is 23.8 Å². The number of nitrogens with one attached hydrogen (secondary N) is 1. The van der Waals surface area contributed by atoms with Gasteiger partial charge in [0.2, 0.25) is 0 Å². The van der Waals surface area contributed by atoms with Gasteiger partial charge in [0.25, 0.3) is 0 Å². The second kappa shape index (κ2) is 5.60. The topological polar surface area (TPSA) is 52.5 Å². The maximum Gasteiger partial charge on any atom is 0.124 e. The van der Waals surface area contributed by atoms with Gasteiger partial charge in [0.05, 0.1) is 11.6 Å². The highest BCUT2D eigenvalue weighted by atomic mass is 16.3. The molecule has 0 heterocycles. The molecule has 0 aliphatic carbocycles. The summed E-state index contributed by atoms with van der Waals surface area (Å²) < 4.78 is 0. The molecule has 0 aliphatic rings. The van der Waals surface area contributed by atoms with E-state index >= 15 is 0 Å². The van der Waals surface area contributed by atoms with Gasteiger partial charge in [-0.1, -0.05) is 25.8 Å². The van der Waals surface area contributed by atoms with Crippen molar-refractivity contribution in [3.63, 3.8) is 0 Å². The Hall–Kier alpha value is -1.66. The van der Waals surface area contributed by atoms with Gasteiger partial charge in [-0.05, 0) is 25.0 Å². The summed E-state index contributed by atoms with van der Waals surface area (Å²) in [6.07, 6.45) is 5.44. The second-order valence-corrected chi connectivity index (χ2v) is 4.49. The Kier molecular flexibility index (Phi) is 4.42. The van der Waals surface area contributed by atoms with Crippen molar-refractivity contribution in [3.05, 3.63) is 23.8 Å². The summed E-state index contributed by atoms with van der Waals surface area (Å²) in [6.45, 7) is 5.91. The van der Waals surface area contributed by atoms with Crippen molar-refractivity contribution >= 4 is 0 Å². The quantitative estimate of drug-likeness (QED) is 0.700. The van der Waals surface area contributed by atoms with Crippen LogP contribution in [0.2, 0.25) is 0 Å². The molecular weight excluding hydrogens is 214 g/mol. The smallest absolute Gasteiger partial charge is 0.124 e. The summed E-state index contributed by atoms with van der Waals surface area (Å²) in [6, 6.07) is 4.40. The minimum atomic E-state index is -0.209. The summed E-state index contributed by atoms with van der Waals surface area (Å²) in [7, 11) is 0. The predicted octanol–water partition coefficient (Wildman–Crippen LogP) is 2.41. The van der Waals surface area contributed by atoms with Crippen LogP contribution in [0.5, 0.6) is 11.5 Å². The molecule has 0 fully saturated rings. The standard InChI is InChI=1S/C14H19NO2/c1-5-11(9(2)3)15-10(4)14-12(16)7-6-8-13(14)17/h1,6-11,15-17H,2-4H3. The van der Waals surface area contributed by atoms with E-state index in [0.717, 1.165) is 0 Å².